The van der Waals surface area contributed by atoms with Gasteiger partial charge in [0.2, 0.25) is 0 Å². The third-order valence-corrected chi connectivity index (χ3v) is 4.36. The van der Waals surface area contributed by atoms with Gasteiger partial charge in [0, 0.05) is 5.02 Å². The molecule has 0 saturated carbocycles. The number of hydrogen-bond donors (Lipinski definition) is 2. The van der Waals surface area contributed by atoms with E-state index in [2.05, 4.69) is 21.2 Å². The maximum atomic E-state index is 12.4. The highest BCUT2D eigenvalue weighted by atomic mass is 79.9. The van der Waals surface area contributed by atoms with Crippen LogP contribution >= 0.6 is 39.1 Å². The maximum Gasteiger partial charge on any atom is 0.266 e. The number of ether oxygens (including phenoxy) is 1. The van der Waals surface area contributed by atoms with Crippen LogP contribution < -0.4 is 10.1 Å². The number of anilines is 1. The molecule has 0 spiro atoms. The number of nitriles is 1. The highest BCUT2D eigenvalue weighted by Crippen LogP contribution is 2.36. The number of nitrogens with one attached hydrogen (secondary N) is 1. The fourth-order valence-corrected chi connectivity index (χ4v) is 2.95. The molecule has 2 N–H and O–H groups in total. The molecule has 2 rings (SSSR count). The molecule has 2 aromatic carbocycles. The van der Waals surface area contributed by atoms with Gasteiger partial charge in [0.25, 0.3) is 5.91 Å². The van der Waals surface area contributed by atoms with Crippen LogP contribution in [0, 0.1) is 11.3 Å². The fraction of sp³-hybridized carbons (Fsp3) is 0.111. The van der Waals surface area contributed by atoms with Gasteiger partial charge in [-0.3, -0.25) is 4.79 Å². The summed E-state index contributed by atoms with van der Waals surface area (Å²) < 4.78 is 5.72. The number of carbonyl (C=O) groups is 1. The SMILES string of the molecule is CCOc1cc(/C=C(/C#N)C(=O)Nc2ccc(Cl)cc2Cl)cc(Br)c1O. The topological polar surface area (TPSA) is 82.3 Å². The number of phenols is 1. The highest BCUT2D eigenvalue weighted by Gasteiger charge is 2.14. The molecular formula is C18H13BrCl2N2O3. The molecule has 0 aliphatic heterocycles. The van der Waals surface area contributed by atoms with Crippen molar-refractivity contribution in [2.75, 3.05) is 11.9 Å². The van der Waals surface area contributed by atoms with Crippen LogP contribution in [0.1, 0.15) is 12.5 Å². The van der Waals surface area contributed by atoms with Gasteiger partial charge in [0.15, 0.2) is 11.5 Å². The van der Waals surface area contributed by atoms with E-state index in [-0.39, 0.29) is 22.1 Å². The van der Waals surface area contributed by atoms with Crippen LogP contribution in [0.4, 0.5) is 5.69 Å². The zero-order chi connectivity index (χ0) is 19.3. The molecule has 0 aromatic heterocycles. The Bertz CT molecular complexity index is 923. The van der Waals surface area contributed by atoms with Gasteiger partial charge in [0.1, 0.15) is 11.6 Å². The Balaban J connectivity index is 2.32. The van der Waals surface area contributed by atoms with Crippen molar-refractivity contribution in [3.8, 4) is 17.6 Å². The molecule has 0 unspecified atom stereocenters. The van der Waals surface area contributed by atoms with Crippen molar-refractivity contribution in [1.29, 1.82) is 5.26 Å². The summed E-state index contributed by atoms with van der Waals surface area (Å²) in [6.07, 6.45) is 1.38. The smallest absolute Gasteiger partial charge is 0.266 e. The molecule has 134 valence electrons. The van der Waals surface area contributed by atoms with Crippen molar-refractivity contribution in [1.82, 2.24) is 0 Å². The Morgan fingerprint density at radius 3 is 2.73 bits per heavy atom. The minimum atomic E-state index is -0.626. The molecule has 0 saturated heterocycles. The van der Waals surface area contributed by atoms with Gasteiger partial charge in [-0.25, -0.2) is 0 Å². The van der Waals surface area contributed by atoms with E-state index in [0.717, 1.165) is 0 Å². The van der Waals surface area contributed by atoms with Gasteiger partial charge >= 0.3 is 0 Å². The number of rotatable bonds is 5. The Hall–Kier alpha value is -2.20. The van der Waals surface area contributed by atoms with Crippen LogP contribution in [0.25, 0.3) is 6.08 Å². The van der Waals surface area contributed by atoms with E-state index in [1.165, 1.54) is 18.2 Å². The van der Waals surface area contributed by atoms with Crippen molar-refractivity contribution in [3.63, 3.8) is 0 Å². The third kappa shape index (κ3) is 4.92. The molecule has 0 fully saturated rings. The molecule has 2 aromatic rings. The van der Waals surface area contributed by atoms with Crippen molar-refractivity contribution in [2.24, 2.45) is 0 Å². The maximum absolute atomic E-state index is 12.4. The summed E-state index contributed by atoms with van der Waals surface area (Å²) in [7, 11) is 0. The summed E-state index contributed by atoms with van der Waals surface area (Å²) in [4.78, 5) is 12.4. The van der Waals surface area contributed by atoms with Crippen LogP contribution in [-0.4, -0.2) is 17.6 Å². The first-order chi connectivity index (χ1) is 12.3. The number of halogens is 3. The summed E-state index contributed by atoms with van der Waals surface area (Å²) in [5.74, 6) is -0.439. The largest absolute Gasteiger partial charge is 0.503 e. The number of nitrogens with zero attached hydrogens (tertiary/aromatic N) is 1. The first-order valence-electron chi connectivity index (χ1n) is 7.39. The van der Waals surface area contributed by atoms with Crippen molar-refractivity contribution in [2.45, 2.75) is 6.92 Å². The number of carbonyl (C=O) groups excluding carboxylic acids is 1. The van der Waals surface area contributed by atoms with E-state index in [1.807, 2.05) is 6.07 Å². The van der Waals surface area contributed by atoms with Crippen molar-refractivity contribution < 1.29 is 14.6 Å². The van der Waals surface area contributed by atoms with E-state index in [9.17, 15) is 15.2 Å². The van der Waals surface area contributed by atoms with E-state index in [0.29, 0.717) is 27.4 Å². The first-order valence-corrected chi connectivity index (χ1v) is 8.94. The molecule has 0 radical (unpaired) electrons. The second kappa shape index (κ2) is 8.95. The van der Waals surface area contributed by atoms with E-state index in [1.54, 1.807) is 25.1 Å². The molecule has 5 nitrogen and oxygen atoms in total. The van der Waals surface area contributed by atoms with Gasteiger partial charge in [-0.1, -0.05) is 23.2 Å². The molecule has 0 bridgehead atoms. The summed E-state index contributed by atoms with van der Waals surface area (Å²) in [5.41, 5.74) is 0.701. The number of amides is 1. The Labute approximate surface area is 168 Å². The lowest BCUT2D eigenvalue weighted by Gasteiger charge is -2.09. The molecule has 0 heterocycles. The van der Waals surface area contributed by atoms with Crippen LogP contribution in [0.2, 0.25) is 10.0 Å². The standard InChI is InChI=1S/C18H13BrCl2N2O3/c1-2-26-16-7-10(6-13(19)17(16)24)5-11(9-22)18(25)23-15-4-3-12(20)8-14(15)21/h3-8,24H,2H2,1H3,(H,23,25)/b11-5-. The van der Waals surface area contributed by atoms with Crippen LogP contribution in [0.5, 0.6) is 11.5 Å². The average molecular weight is 456 g/mol. The predicted molar refractivity (Wildman–Crippen MR) is 106 cm³/mol. The zero-order valence-corrected chi connectivity index (χ0v) is 16.6. The van der Waals surface area contributed by atoms with E-state index < -0.39 is 5.91 Å². The van der Waals surface area contributed by atoms with Gasteiger partial charge in [-0.2, -0.15) is 5.26 Å². The molecule has 8 heteroatoms. The lowest BCUT2D eigenvalue weighted by molar-refractivity contribution is -0.112. The Morgan fingerprint density at radius 2 is 2.12 bits per heavy atom. The summed E-state index contributed by atoms with van der Waals surface area (Å²) in [5, 5.41) is 22.5. The molecular weight excluding hydrogens is 443 g/mol. The van der Waals surface area contributed by atoms with E-state index in [4.69, 9.17) is 27.9 Å². The summed E-state index contributed by atoms with van der Waals surface area (Å²) in [6, 6.07) is 9.55. The predicted octanol–water partition coefficient (Wildman–Crippen LogP) is 5.41. The average Bonchev–Trinajstić information content (AvgIpc) is 2.59. The van der Waals surface area contributed by atoms with Gasteiger partial charge in [-0.15, -0.1) is 0 Å². The molecule has 0 aliphatic rings. The van der Waals surface area contributed by atoms with Crippen LogP contribution in [-0.2, 0) is 4.79 Å². The monoisotopic (exact) mass is 454 g/mol. The number of hydrogen-bond acceptors (Lipinski definition) is 4. The Morgan fingerprint density at radius 1 is 1.38 bits per heavy atom. The van der Waals surface area contributed by atoms with Gasteiger partial charge in [-0.05, 0) is 64.8 Å². The number of phenolic OH excluding ortho intramolecular Hbond substituents is 1. The summed E-state index contributed by atoms with van der Waals surface area (Å²) in [6.45, 7) is 2.13. The zero-order valence-electron chi connectivity index (χ0n) is 13.5. The summed E-state index contributed by atoms with van der Waals surface area (Å²) >= 11 is 15.1. The van der Waals surface area contributed by atoms with Crippen molar-refractivity contribution >= 4 is 56.8 Å². The number of aromatic hydroxyl groups is 1. The molecule has 0 atom stereocenters. The normalized spacial score (nSPS) is 11.0. The quantitative estimate of drug-likeness (QED) is 0.466. The lowest BCUT2D eigenvalue weighted by Crippen LogP contribution is -2.13. The van der Waals surface area contributed by atoms with E-state index >= 15 is 0 Å². The van der Waals surface area contributed by atoms with Crippen molar-refractivity contribution in [3.05, 3.63) is 56.0 Å². The minimum Gasteiger partial charge on any atom is -0.503 e. The highest BCUT2D eigenvalue weighted by molar-refractivity contribution is 9.10. The molecule has 1 amide bonds. The minimum absolute atomic E-state index is 0.0556. The second-order valence-corrected chi connectivity index (χ2v) is 6.73. The van der Waals surface area contributed by atoms with Crippen LogP contribution in [0.15, 0.2) is 40.4 Å². The first kappa shape index (κ1) is 20.1. The fourth-order valence-electron chi connectivity index (χ4n) is 2.04. The Kier molecular flexibility index (Phi) is 6.92. The molecule has 26 heavy (non-hydrogen) atoms. The lowest BCUT2D eigenvalue weighted by atomic mass is 10.1. The molecule has 0 aliphatic carbocycles. The van der Waals surface area contributed by atoms with Gasteiger partial charge < -0.3 is 15.2 Å². The third-order valence-electron chi connectivity index (χ3n) is 3.21. The van der Waals surface area contributed by atoms with Crippen LogP contribution in [0.3, 0.4) is 0 Å². The van der Waals surface area contributed by atoms with Gasteiger partial charge in [0.05, 0.1) is 21.8 Å². The number of benzene rings is 2. The second-order valence-electron chi connectivity index (χ2n) is 5.03.